The van der Waals surface area contributed by atoms with Crippen molar-refractivity contribution in [2.75, 3.05) is 25.5 Å². The molecule has 0 aliphatic rings. The van der Waals surface area contributed by atoms with Gasteiger partial charge in [-0.05, 0) is 39.1 Å². The molecule has 0 N–H and O–H groups in total. The fourth-order valence-corrected chi connectivity index (χ4v) is 6.62. The van der Waals surface area contributed by atoms with E-state index in [1.807, 2.05) is 13.8 Å². The normalized spacial score (nSPS) is 13.2. The Morgan fingerprint density at radius 1 is 1.20 bits per heavy atom. The minimum atomic E-state index is -3.44. The van der Waals surface area contributed by atoms with Crippen LogP contribution in [-0.4, -0.2) is 48.2 Å². The van der Waals surface area contributed by atoms with Crippen LogP contribution in [0.1, 0.15) is 46.5 Å². The Balaban J connectivity index is 4.81. The lowest BCUT2D eigenvalue weighted by Gasteiger charge is -2.31. The second-order valence-electron chi connectivity index (χ2n) is 5.47. The van der Waals surface area contributed by atoms with E-state index in [1.54, 1.807) is 0 Å². The molecule has 0 aromatic rings. The van der Waals surface area contributed by atoms with Gasteiger partial charge in [0.05, 0.1) is 5.75 Å². The Labute approximate surface area is 152 Å². The van der Waals surface area contributed by atoms with E-state index in [0.717, 1.165) is 25.7 Å². The Bertz CT molecular complexity index is 517. The summed E-state index contributed by atoms with van der Waals surface area (Å²) in [5, 5.41) is 3.50. The van der Waals surface area contributed by atoms with Crippen LogP contribution in [0.15, 0.2) is 17.8 Å². The minimum absolute atomic E-state index is 0.143. The minimum Gasteiger partial charge on any atom is -0.374 e. The van der Waals surface area contributed by atoms with Gasteiger partial charge < -0.3 is 13.3 Å². The van der Waals surface area contributed by atoms with Crippen LogP contribution in [0.5, 0.6) is 0 Å². The smallest absolute Gasteiger partial charge is 0.374 e. The Morgan fingerprint density at radius 2 is 1.80 bits per heavy atom. The second kappa shape index (κ2) is 13.3. The third-order valence-corrected chi connectivity index (χ3v) is 8.60. The highest BCUT2D eigenvalue weighted by Crippen LogP contribution is 2.24. The Morgan fingerprint density at radius 3 is 2.32 bits per heavy atom. The summed E-state index contributed by atoms with van der Waals surface area (Å²) in [6, 6.07) is 0.560. The molecule has 0 amide bonds. The highest BCUT2D eigenvalue weighted by atomic mass is 32.2. The molecule has 0 bridgehead atoms. The van der Waals surface area contributed by atoms with E-state index in [0.29, 0.717) is 25.8 Å². The van der Waals surface area contributed by atoms with Crippen molar-refractivity contribution < 1.29 is 21.7 Å². The van der Waals surface area contributed by atoms with Crippen molar-refractivity contribution >= 4 is 18.6 Å². The molecule has 0 aliphatic carbocycles. The summed E-state index contributed by atoms with van der Waals surface area (Å²) in [6.45, 7) is 9.96. The first-order valence-corrected chi connectivity index (χ1v) is 12.3. The molecule has 0 aromatic heterocycles. The molecule has 0 saturated heterocycles. The number of hydrogen-bond acceptors (Lipinski definition) is 6. The molecule has 0 aromatic carbocycles. The van der Waals surface area contributed by atoms with E-state index in [1.165, 1.54) is 13.0 Å². The van der Waals surface area contributed by atoms with Gasteiger partial charge in [-0.25, -0.2) is 8.42 Å². The molecule has 0 radical (unpaired) electrons. The number of azide groups is 1. The number of rotatable bonds is 16. The zero-order chi connectivity index (χ0) is 19.2. The van der Waals surface area contributed by atoms with E-state index in [4.69, 9.17) is 18.8 Å². The molecular formula is C15H31N3O5SSi. The molecule has 1 unspecified atom stereocenters. The zero-order valence-corrected chi connectivity index (χ0v) is 17.3. The second-order valence-corrected chi connectivity index (χ2v) is 10.5. The van der Waals surface area contributed by atoms with E-state index in [-0.39, 0.29) is 5.75 Å². The lowest BCUT2D eigenvalue weighted by Crippen LogP contribution is -2.49. The highest BCUT2D eigenvalue weighted by Gasteiger charge is 2.43. The highest BCUT2D eigenvalue weighted by molar-refractivity contribution is 7.92. The summed E-state index contributed by atoms with van der Waals surface area (Å²) in [6.07, 6.45) is 4.81. The molecule has 8 nitrogen and oxygen atoms in total. The van der Waals surface area contributed by atoms with Crippen LogP contribution in [-0.2, 0) is 23.1 Å². The van der Waals surface area contributed by atoms with Crippen LogP contribution in [0.3, 0.4) is 0 Å². The van der Waals surface area contributed by atoms with E-state index in [9.17, 15) is 8.42 Å². The van der Waals surface area contributed by atoms with Crippen molar-refractivity contribution in [3.05, 3.63) is 23.1 Å². The summed E-state index contributed by atoms with van der Waals surface area (Å²) in [5.41, 5.74) is 7.24. The molecule has 25 heavy (non-hydrogen) atoms. The fourth-order valence-electron chi connectivity index (χ4n) is 2.30. The maximum Gasteiger partial charge on any atom is 0.501 e. The molecule has 0 heterocycles. The molecule has 1 atom stereocenters. The molecular weight excluding hydrogens is 362 g/mol. The lowest BCUT2D eigenvalue weighted by atomic mass is 10.2. The predicted molar refractivity (Wildman–Crippen MR) is 101 cm³/mol. The lowest BCUT2D eigenvalue weighted by molar-refractivity contribution is 0.0596. The largest absolute Gasteiger partial charge is 0.501 e. The summed E-state index contributed by atoms with van der Waals surface area (Å²) >= 11 is 0. The van der Waals surface area contributed by atoms with Crippen molar-refractivity contribution in [3.63, 3.8) is 0 Å². The van der Waals surface area contributed by atoms with Crippen molar-refractivity contribution in [1.82, 2.24) is 0 Å². The Kier molecular flexibility index (Phi) is 12.8. The topological polar surface area (TPSA) is 111 Å². The molecule has 0 saturated carbocycles. The number of unbranched alkanes of at least 4 members (excludes halogenated alkanes) is 3. The number of hydrogen-bond donors (Lipinski definition) is 0. The standard InChI is InChI=1S/C15H31N3O5SSi/c1-5-13-24(19,20)15(4)23-25(21-6-2,22-7-3)14-11-9-8-10-12-17-18-16/h5,15H,1,6-14H2,2-4H3. The van der Waals surface area contributed by atoms with Crippen molar-refractivity contribution in [1.29, 1.82) is 0 Å². The molecule has 10 heteroatoms. The fraction of sp³-hybridized carbons (Fsp3) is 0.867. The molecule has 0 fully saturated rings. The van der Waals surface area contributed by atoms with Crippen LogP contribution in [0.4, 0.5) is 0 Å². The van der Waals surface area contributed by atoms with E-state index >= 15 is 0 Å². The van der Waals surface area contributed by atoms with Gasteiger partial charge in [0.15, 0.2) is 9.84 Å². The molecule has 0 spiro atoms. The third-order valence-electron chi connectivity index (χ3n) is 3.48. The summed E-state index contributed by atoms with van der Waals surface area (Å²) in [5.74, 6) is -0.143. The maximum atomic E-state index is 12.2. The third kappa shape index (κ3) is 9.98. The van der Waals surface area contributed by atoms with Crippen molar-refractivity contribution in [3.8, 4) is 0 Å². The number of nitrogens with zero attached hydrogens (tertiary/aromatic N) is 3. The molecule has 0 rings (SSSR count). The van der Waals surface area contributed by atoms with Gasteiger partial charge in [-0.3, -0.25) is 0 Å². The summed E-state index contributed by atoms with van der Waals surface area (Å²) in [4.78, 5) is 2.72. The van der Waals surface area contributed by atoms with Crippen LogP contribution in [0.25, 0.3) is 10.4 Å². The average molecular weight is 394 g/mol. The molecule has 146 valence electrons. The van der Waals surface area contributed by atoms with Crippen molar-refractivity contribution in [2.45, 2.75) is 57.9 Å². The van der Waals surface area contributed by atoms with Gasteiger partial charge in [-0.2, -0.15) is 0 Å². The van der Waals surface area contributed by atoms with E-state index in [2.05, 4.69) is 16.6 Å². The van der Waals surface area contributed by atoms with Crippen LogP contribution in [0, 0.1) is 0 Å². The molecule has 0 aliphatic heterocycles. The van der Waals surface area contributed by atoms with Gasteiger partial charge in [-0.1, -0.05) is 24.0 Å². The van der Waals surface area contributed by atoms with Crippen LogP contribution < -0.4 is 0 Å². The first-order valence-electron chi connectivity index (χ1n) is 8.66. The zero-order valence-electron chi connectivity index (χ0n) is 15.5. The van der Waals surface area contributed by atoms with Gasteiger partial charge >= 0.3 is 8.80 Å². The monoisotopic (exact) mass is 393 g/mol. The van der Waals surface area contributed by atoms with Gasteiger partial charge in [-0.15, -0.1) is 6.58 Å². The predicted octanol–water partition coefficient (Wildman–Crippen LogP) is 3.83. The van der Waals surface area contributed by atoms with Gasteiger partial charge in [0.2, 0.25) is 0 Å². The van der Waals surface area contributed by atoms with E-state index < -0.39 is 24.1 Å². The van der Waals surface area contributed by atoms with Crippen molar-refractivity contribution in [2.24, 2.45) is 5.11 Å². The number of sulfone groups is 1. The SMILES string of the molecule is C=CCS(=O)(=O)C(C)O[Si](CCCCCCN=[N+]=[N-])(OCC)OCC. The maximum absolute atomic E-state index is 12.2. The first-order chi connectivity index (χ1) is 11.9. The van der Waals surface area contributed by atoms with Gasteiger partial charge in [0, 0.05) is 30.7 Å². The van der Waals surface area contributed by atoms with Gasteiger partial charge in [0.1, 0.15) is 5.44 Å². The quantitative estimate of drug-likeness (QED) is 0.0988. The van der Waals surface area contributed by atoms with Crippen LogP contribution in [0.2, 0.25) is 6.04 Å². The first kappa shape index (κ1) is 24.1. The van der Waals surface area contributed by atoms with Gasteiger partial charge in [0.25, 0.3) is 0 Å². The summed E-state index contributed by atoms with van der Waals surface area (Å²) < 4.78 is 41.8. The average Bonchev–Trinajstić information content (AvgIpc) is 2.54. The van der Waals surface area contributed by atoms with Crippen LogP contribution >= 0.6 is 0 Å². The summed E-state index contributed by atoms with van der Waals surface area (Å²) in [7, 11) is -6.51. The Hall–Kier alpha value is -0.903.